The van der Waals surface area contributed by atoms with E-state index in [0.29, 0.717) is 27.5 Å². The van der Waals surface area contributed by atoms with Crippen molar-refractivity contribution in [1.82, 2.24) is 5.32 Å². The first-order valence-electron chi connectivity index (χ1n) is 14.3. The van der Waals surface area contributed by atoms with Gasteiger partial charge in [0.15, 0.2) is 0 Å². The summed E-state index contributed by atoms with van der Waals surface area (Å²) in [4.78, 5) is 51.1. The monoisotopic (exact) mass is 662 g/mol. The highest BCUT2D eigenvalue weighted by Crippen LogP contribution is 2.37. The molecular weight excluding hydrogens is 636 g/mol. The third-order valence-corrected chi connectivity index (χ3v) is 8.24. The van der Waals surface area contributed by atoms with Gasteiger partial charge in [-0.3, -0.25) is 24.5 Å². The smallest absolute Gasteiger partial charge is 0.272 e. The fourth-order valence-electron chi connectivity index (χ4n) is 4.43. The zero-order chi connectivity index (χ0) is 33.2. The van der Waals surface area contributed by atoms with Crippen LogP contribution in [0.4, 0.5) is 17.1 Å². The van der Waals surface area contributed by atoms with E-state index in [1.54, 1.807) is 78.9 Å². The zero-order valence-electron chi connectivity index (χ0n) is 24.6. The molecule has 0 aromatic heterocycles. The Morgan fingerprint density at radius 1 is 0.745 bits per heavy atom. The van der Waals surface area contributed by atoms with E-state index in [1.165, 1.54) is 42.1 Å². The Bertz CT molecular complexity index is 1920. The molecular formula is C36H27ClN4O5S. The largest absolute Gasteiger partial charge is 0.325 e. The van der Waals surface area contributed by atoms with Gasteiger partial charge in [-0.2, -0.15) is 0 Å². The van der Waals surface area contributed by atoms with Gasteiger partial charge in [-0.1, -0.05) is 66.2 Å². The van der Waals surface area contributed by atoms with Crippen LogP contribution in [-0.4, -0.2) is 22.6 Å². The van der Waals surface area contributed by atoms with Crippen molar-refractivity contribution in [1.29, 1.82) is 0 Å². The van der Waals surface area contributed by atoms with Gasteiger partial charge in [0.05, 0.1) is 4.92 Å². The van der Waals surface area contributed by atoms with Crippen molar-refractivity contribution in [2.45, 2.75) is 10.1 Å². The Hall–Kier alpha value is -5.71. The third-order valence-electron chi connectivity index (χ3n) is 6.74. The number of hydrogen-bond donors (Lipinski definition) is 3. The number of halogens is 1. The summed E-state index contributed by atoms with van der Waals surface area (Å²) in [6.45, 7) is 0. The van der Waals surface area contributed by atoms with Gasteiger partial charge in [0, 0.05) is 39.0 Å². The molecule has 0 aliphatic rings. The second-order valence-electron chi connectivity index (χ2n) is 10.1. The van der Waals surface area contributed by atoms with Crippen LogP contribution in [0.1, 0.15) is 26.7 Å². The van der Waals surface area contributed by atoms with Crippen LogP contribution in [-0.2, 0) is 9.59 Å². The Morgan fingerprint density at radius 3 is 2.04 bits per heavy atom. The lowest BCUT2D eigenvalue weighted by Crippen LogP contribution is -2.30. The predicted molar refractivity (Wildman–Crippen MR) is 185 cm³/mol. The molecule has 5 aromatic rings. The van der Waals surface area contributed by atoms with E-state index in [1.807, 2.05) is 30.3 Å². The highest BCUT2D eigenvalue weighted by molar-refractivity contribution is 8.00. The van der Waals surface area contributed by atoms with Crippen molar-refractivity contribution >= 4 is 64.2 Å². The van der Waals surface area contributed by atoms with Crippen molar-refractivity contribution in [2.75, 3.05) is 10.6 Å². The molecule has 0 saturated heterocycles. The van der Waals surface area contributed by atoms with Gasteiger partial charge < -0.3 is 16.0 Å². The number of nitro benzene ring substituents is 1. The van der Waals surface area contributed by atoms with Gasteiger partial charge >= 0.3 is 0 Å². The molecule has 0 aliphatic carbocycles. The molecule has 0 radical (unpaired) electrons. The lowest BCUT2D eigenvalue weighted by atomic mass is 10.1. The fraction of sp³-hybridized carbons (Fsp3) is 0.0278. The Labute approximate surface area is 279 Å². The quantitative estimate of drug-likeness (QED) is 0.0567. The molecule has 0 bridgehead atoms. The summed E-state index contributed by atoms with van der Waals surface area (Å²) in [5.41, 5.74) is 2.50. The minimum absolute atomic E-state index is 0.0621. The first-order chi connectivity index (χ1) is 22.7. The minimum atomic E-state index is -0.601. The zero-order valence-corrected chi connectivity index (χ0v) is 26.2. The van der Waals surface area contributed by atoms with E-state index < -0.39 is 22.0 Å². The Kier molecular flexibility index (Phi) is 10.8. The van der Waals surface area contributed by atoms with Crippen LogP contribution in [0.2, 0.25) is 5.02 Å². The maximum absolute atomic E-state index is 13.4. The molecule has 0 heterocycles. The molecule has 0 spiro atoms. The number of non-ortho nitro benzene ring substituents is 1. The summed E-state index contributed by atoms with van der Waals surface area (Å²) in [5, 5.41) is 19.4. The van der Waals surface area contributed by atoms with Crippen LogP contribution in [0.3, 0.4) is 0 Å². The molecule has 5 rings (SSSR count). The van der Waals surface area contributed by atoms with Gasteiger partial charge in [-0.05, 0) is 83.9 Å². The summed E-state index contributed by atoms with van der Waals surface area (Å²) in [6, 6.07) is 37.3. The molecule has 3 amide bonds. The number of nitrogens with one attached hydrogen (secondary N) is 3. The van der Waals surface area contributed by atoms with Gasteiger partial charge in [-0.25, -0.2) is 0 Å². The van der Waals surface area contributed by atoms with Crippen molar-refractivity contribution in [3.8, 4) is 0 Å². The molecule has 9 nitrogen and oxygen atoms in total. The lowest BCUT2D eigenvalue weighted by Gasteiger charge is -2.18. The van der Waals surface area contributed by atoms with Crippen LogP contribution < -0.4 is 16.0 Å². The number of nitrogens with zero attached hydrogens (tertiary/aromatic N) is 1. The molecule has 47 heavy (non-hydrogen) atoms. The number of amides is 3. The number of carbonyl (C=O) groups excluding carboxylic acids is 3. The third kappa shape index (κ3) is 9.16. The Balaban J connectivity index is 1.33. The minimum Gasteiger partial charge on any atom is -0.325 e. The summed E-state index contributed by atoms with van der Waals surface area (Å²) < 4.78 is 0. The van der Waals surface area contributed by atoms with Crippen molar-refractivity contribution < 1.29 is 19.3 Å². The summed E-state index contributed by atoms with van der Waals surface area (Å²) in [5.74, 6) is -1.32. The van der Waals surface area contributed by atoms with Crippen LogP contribution in [0.25, 0.3) is 6.08 Å². The maximum atomic E-state index is 13.4. The predicted octanol–water partition coefficient (Wildman–Crippen LogP) is 8.13. The number of carbonyl (C=O) groups is 3. The van der Waals surface area contributed by atoms with Crippen LogP contribution in [0.15, 0.2) is 144 Å². The van der Waals surface area contributed by atoms with E-state index in [0.717, 1.165) is 10.5 Å². The Morgan fingerprint density at radius 2 is 1.40 bits per heavy atom. The van der Waals surface area contributed by atoms with E-state index in [-0.39, 0.29) is 17.3 Å². The lowest BCUT2D eigenvalue weighted by molar-refractivity contribution is -0.384. The first-order valence-corrected chi connectivity index (χ1v) is 15.5. The molecule has 11 heteroatoms. The SMILES string of the molecule is O=C(Nc1ccc(SC(C(=O)Nc2cccc(Cl)c2)c2ccccc2)cc1)/C(=C/c1ccc([N+](=O)[O-])cc1)NC(=O)c1ccccc1. The fourth-order valence-corrected chi connectivity index (χ4v) is 5.64. The number of rotatable bonds is 11. The molecule has 3 N–H and O–H groups in total. The van der Waals surface area contributed by atoms with Gasteiger partial charge in [0.2, 0.25) is 5.91 Å². The molecule has 1 atom stereocenters. The maximum Gasteiger partial charge on any atom is 0.272 e. The van der Waals surface area contributed by atoms with Crippen molar-refractivity contribution in [3.05, 3.63) is 171 Å². The van der Waals surface area contributed by atoms with E-state index in [9.17, 15) is 24.5 Å². The number of anilines is 2. The molecule has 5 aromatic carbocycles. The topological polar surface area (TPSA) is 130 Å². The highest BCUT2D eigenvalue weighted by Gasteiger charge is 2.23. The average Bonchev–Trinajstić information content (AvgIpc) is 3.08. The van der Waals surface area contributed by atoms with E-state index >= 15 is 0 Å². The second-order valence-corrected chi connectivity index (χ2v) is 11.7. The molecule has 234 valence electrons. The molecule has 0 fully saturated rings. The van der Waals surface area contributed by atoms with E-state index in [2.05, 4.69) is 16.0 Å². The number of nitro groups is 1. The molecule has 0 saturated carbocycles. The van der Waals surface area contributed by atoms with Crippen LogP contribution in [0.5, 0.6) is 0 Å². The molecule has 1 unspecified atom stereocenters. The number of benzene rings is 5. The average molecular weight is 663 g/mol. The summed E-state index contributed by atoms with van der Waals surface area (Å²) in [6.07, 6.45) is 1.44. The normalized spacial score (nSPS) is 11.6. The number of hydrogen-bond acceptors (Lipinski definition) is 6. The van der Waals surface area contributed by atoms with E-state index in [4.69, 9.17) is 11.6 Å². The second kappa shape index (κ2) is 15.5. The first kappa shape index (κ1) is 32.7. The van der Waals surface area contributed by atoms with Crippen molar-refractivity contribution in [3.63, 3.8) is 0 Å². The standard InChI is InChI=1S/C36H27ClN4O5S/c37-27-12-7-13-29(23-27)39-36(44)33(25-8-3-1-4-9-25)47-31-20-16-28(17-21-31)38-35(43)32(40-34(42)26-10-5-2-6-11-26)22-24-14-18-30(19-15-24)41(45)46/h1-23,33H,(H,38,43)(H,39,44)(H,40,42)/b32-22-. The summed E-state index contributed by atoms with van der Waals surface area (Å²) >= 11 is 7.45. The van der Waals surface area contributed by atoms with Crippen LogP contribution in [0, 0.1) is 10.1 Å². The van der Waals surface area contributed by atoms with Gasteiger partial charge in [-0.15, -0.1) is 11.8 Å². The van der Waals surface area contributed by atoms with Gasteiger partial charge in [0.1, 0.15) is 10.9 Å². The van der Waals surface area contributed by atoms with Gasteiger partial charge in [0.25, 0.3) is 17.5 Å². The molecule has 0 aliphatic heterocycles. The van der Waals surface area contributed by atoms with Crippen molar-refractivity contribution in [2.24, 2.45) is 0 Å². The number of thioether (sulfide) groups is 1. The highest BCUT2D eigenvalue weighted by atomic mass is 35.5. The van der Waals surface area contributed by atoms with Crippen LogP contribution >= 0.6 is 23.4 Å². The summed E-state index contributed by atoms with van der Waals surface area (Å²) in [7, 11) is 0.